The molecule has 0 fully saturated rings. The molecule has 0 aromatic rings. The van der Waals surface area contributed by atoms with Crippen molar-refractivity contribution in [2.45, 2.75) is 78.8 Å². The summed E-state index contributed by atoms with van der Waals surface area (Å²) in [5, 5.41) is 3.41. The molecule has 17 heavy (non-hydrogen) atoms. The summed E-state index contributed by atoms with van der Waals surface area (Å²) in [7, 11) is 0. The van der Waals surface area contributed by atoms with Crippen LogP contribution in [0.15, 0.2) is 0 Å². The van der Waals surface area contributed by atoms with Crippen molar-refractivity contribution in [3.8, 4) is 0 Å². The quantitative estimate of drug-likeness (QED) is 0.556. The Morgan fingerprint density at radius 1 is 1.00 bits per heavy atom. The molecule has 2 heteroatoms. The van der Waals surface area contributed by atoms with Gasteiger partial charge in [0.25, 0.3) is 0 Å². The van der Waals surface area contributed by atoms with Gasteiger partial charge >= 0.3 is 0 Å². The Morgan fingerprint density at radius 2 is 1.71 bits per heavy atom. The first-order chi connectivity index (χ1) is 8.17. The van der Waals surface area contributed by atoms with Crippen molar-refractivity contribution in [2.24, 2.45) is 0 Å². The van der Waals surface area contributed by atoms with Crippen LogP contribution in [0.5, 0.6) is 0 Å². The Morgan fingerprint density at radius 3 is 2.24 bits per heavy atom. The lowest BCUT2D eigenvalue weighted by Gasteiger charge is -2.34. The normalized spacial score (nSPS) is 15.2. The predicted molar refractivity (Wildman–Crippen MR) is 78.6 cm³/mol. The van der Waals surface area contributed by atoms with Gasteiger partial charge in [0, 0.05) is 12.1 Å². The topological polar surface area (TPSA) is 15.3 Å². The molecule has 104 valence electrons. The third kappa shape index (κ3) is 7.77. The molecule has 0 aromatic heterocycles. The first kappa shape index (κ1) is 16.9. The van der Waals surface area contributed by atoms with Crippen LogP contribution in [0.25, 0.3) is 0 Å². The summed E-state index contributed by atoms with van der Waals surface area (Å²) in [6.45, 7) is 15.1. The number of hydrogen-bond acceptors (Lipinski definition) is 2. The van der Waals surface area contributed by atoms with Gasteiger partial charge in [0.15, 0.2) is 0 Å². The van der Waals surface area contributed by atoms with E-state index in [0.29, 0.717) is 0 Å². The van der Waals surface area contributed by atoms with Gasteiger partial charge in [-0.2, -0.15) is 0 Å². The predicted octanol–water partition coefficient (Wildman–Crippen LogP) is 3.67. The van der Waals surface area contributed by atoms with Crippen LogP contribution in [0.1, 0.15) is 66.7 Å². The van der Waals surface area contributed by atoms with Gasteiger partial charge in [-0.1, -0.05) is 27.2 Å². The van der Waals surface area contributed by atoms with Gasteiger partial charge in [0.05, 0.1) is 0 Å². The van der Waals surface area contributed by atoms with Crippen molar-refractivity contribution < 1.29 is 0 Å². The van der Waals surface area contributed by atoms with Gasteiger partial charge in [0.2, 0.25) is 0 Å². The van der Waals surface area contributed by atoms with Gasteiger partial charge in [-0.15, -0.1) is 0 Å². The molecule has 2 unspecified atom stereocenters. The zero-order chi connectivity index (χ0) is 13.1. The maximum Gasteiger partial charge on any atom is 0.00702 e. The zero-order valence-electron chi connectivity index (χ0n) is 12.8. The van der Waals surface area contributed by atoms with Crippen molar-refractivity contribution in [1.82, 2.24) is 10.2 Å². The van der Waals surface area contributed by atoms with Gasteiger partial charge < -0.3 is 5.32 Å². The van der Waals surface area contributed by atoms with Crippen LogP contribution in [0.2, 0.25) is 0 Å². The summed E-state index contributed by atoms with van der Waals surface area (Å²) in [6.07, 6.45) is 6.52. The van der Waals surface area contributed by atoms with Gasteiger partial charge in [0.1, 0.15) is 0 Å². The van der Waals surface area contributed by atoms with E-state index in [9.17, 15) is 0 Å². The fraction of sp³-hybridized carbons (Fsp3) is 1.00. The van der Waals surface area contributed by atoms with Crippen LogP contribution in [-0.2, 0) is 0 Å². The third-order valence-electron chi connectivity index (χ3n) is 3.72. The summed E-state index contributed by atoms with van der Waals surface area (Å²) in [5.41, 5.74) is 0. The molecule has 0 spiro atoms. The third-order valence-corrected chi connectivity index (χ3v) is 3.72. The number of hydrogen-bond donors (Lipinski definition) is 1. The zero-order valence-corrected chi connectivity index (χ0v) is 12.8. The van der Waals surface area contributed by atoms with Crippen LogP contribution in [0.3, 0.4) is 0 Å². The molecule has 0 aliphatic rings. The van der Waals surface area contributed by atoms with E-state index in [-0.39, 0.29) is 0 Å². The lowest BCUT2D eigenvalue weighted by Crippen LogP contribution is -2.41. The van der Waals surface area contributed by atoms with Crippen molar-refractivity contribution in [3.05, 3.63) is 0 Å². The number of rotatable bonds is 11. The van der Waals surface area contributed by atoms with E-state index in [1.54, 1.807) is 0 Å². The van der Waals surface area contributed by atoms with E-state index in [1.165, 1.54) is 45.2 Å². The van der Waals surface area contributed by atoms with Crippen LogP contribution in [-0.4, -0.2) is 36.6 Å². The Kier molecular flexibility index (Phi) is 11.0. The van der Waals surface area contributed by atoms with Gasteiger partial charge in [-0.3, -0.25) is 4.90 Å². The molecule has 0 saturated carbocycles. The van der Waals surface area contributed by atoms with Crippen LogP contribution < -0.4 is 5.32 Å². The van der Waals surface area contributed by atoms with E-state index in [4.69, 9.17) is 0 Å². The van der Waals surface area contributed by atoms with E-state index < -0.39 is 0 Å². The van der Waals surface area contributed by atoms with Crippen LogP contribution in [0.4, 0.5) is 0 Å². The summed E-state index contributed by atoms with van der Waals surface area (Å²) < 4.78 is 0. The Balaban J connectivity index is 3.98. The monoisotopic (exact) mass is 242 g/mol. The SMILES string of the molecule is CCCCN(C(C)CC)C(C)CCCNCC. The largest absolute Gasteiger partial charge is 0.317 e. The highest BCUT2D eigenvalue weighted by Gasteiger charge is 2.17. The molecule has 2 atom stereocenters. The minimum atomic E-state index is 0.732. The summed E-state index contributed by atoms with van der Waals surface area (Å²) in [6, 6.07) is 1.46. The lowest BCUT2D eigenvalue weighted by atomic mass is 10.1. The van der Waals surface area contributed by atoms with Crippen molar-refractivity contribution in [3.63, 3.8) is 0 Å². The molecule has 0 radical (unpaired) electrons. The highest BCUT2D eigenvalue weighted by molar-refractivity contribution is 4.73. The first-order valence-electron chi connectivity index (χ1n) is 7.63. The number of nitrogens with zero attached hydrogens (tertiary/aromatic N) is 1. The van der Waals surface area contributed by atoms with Crippen LogP contribution >= 0.6 is 0 Å². The summed E-state index contributed by atoms with van der Waals surface area (Å²) in [4.78, 5) is 2.70. The maximum absolute atomic E-state index is 3.41. The molecule has 0 saturated heterocycles. The molecule has 0 rings (SSSR count). The van der Waals surface area contributed by atoms with Gasteiger partial charge in [-0.25, -0.2) is 0 Å². The Labute approximate surface area is 109 Å². The lowest BCUT2D eigenvalue weighted by molar-refractivity contribution is 0.139. The smallest absolute Gasteiger partial charge is 0.00702 e. The average Bonchev–Trinajstić information content (AvgIpc) is 2.34. The Bertz CT molecular complexity index is 159. The van der Waals surface area contributed by atoms with E-state index in [2.05, 4.69) is 44.8 Å². The maximum atomic E-state index is 3.41. The minimum Gasteiger partial charge on any atom is -0.317 e. The molecular weight excluding hydrogens is 208 g/mol. The molecule has 0 aliphatic carbocycles. The second-order valence-electron chi connectivity index (χ2n) is 5.19. The minimum absolute atomic E-state index is 0.732. The Hall–Kier alpha value is -0.0800. The molecule has 0 amide bonds. The molecule has 2 nitrogen and oxygen atoms in total. The van der Waals surface area contributed by atoms with Crippen molar-refractivity contribution >= 4 is 0 Å². The molecule has 0 bridgehead atoms. The molecular formula is C15H34N2. The average molecular weight is 242 g/mol. The molecule has 0 aromatic carbocycles. The van der Waals surface area contributed by atoms with Crippen molar-refractivity contribution in [2.75, 3.05) is 19.6 Å². The highest BCUT2D eigenvalue weighted by atomic mass is 15.2. The molecule has 1 N–H and O–H groups in total. The van der Waals surface area contributed by atoms with Crippen molar-refractivity contribution in [1.29, 1.82) is 0 Å². The van der Waals surface area contributed by atoms with Gasteiger partial charge in [-0.05, 0) is 59.2 Å². The summed E-state index contributed by atoms with van der Waals surface area (Å²) >= 11 is 0. The van der Waals surface area contributed by atoms with Crippen LogP contribution in [0, 0.1) is 0 Å². The highest BCUT2D eigenvalue weighted by Crippen LogP contribution is 2.14. The standard InChI is InChI=1S/C15H34N2/c1-6-9-13-17(14(4)7-2)15(5)11-10-12-16-8-3/h14-16H,6-13H2,1-5H3. The fourth-order valence-corrected chi connectivity index (χ4v) is 2.32. The fourth-order valence-electron chi connectivity index (χ4n) is 2.32. The second-order valence-corrected chi connectivity index (χ2v) is 5.19. The number of nitrogens with one attached hydrogen (secondary N) is 1. The van der Waals surface area contributed by atoms with E-state index in [0.717, 1.165) is 18.6 Å². The molecule has 0 heterocycles. The van der Waals surface area contributed by atoms with E-state index >= 15 is 0 Å². The first-order valence-corrected chi connectivity index (χ1v) is 7.63. The second kappa shape index (κ2) is 11.0. The van der Waals surface area contributed by atoms with E-state index in [1.807, 2.05) is 0 Å². The molecule has 0 aliphatic heterocycles. The number of unbranched alkanes of at least 4 members (excludes halogenated alkanes) is 1. The summed E-state index contributed by atoms with van der Waals surface area (Å²) in [5.74, 6) is 0.